The Hall–Kier alpha value is -1.71. The van der Waals surface area contributed by atoms with E-state index in [2.05, 4.69) is 47.6 Å². The van der Waals surface area contributed by atoms with Gasteiger partial charge in [-0.1, -0.05) is 37.3 Å². The van der Waals surface area contributed by atoms with Crippen LogP contribution in [0, 0.1) is 0 Å². The Labute approximate surface area is 121 Å². The summed E-state index contributed by atoms with van der Waals surface area (Å²) in [6.07, 6.45) is 2.88. The monoisotopic (exact) mass is 270 g/mol. The molecule has 0 aliphatic carbocycles. The zero-order valence-corrected chi connectivity index (χ0v) is 12.2. The summed E-state index contributed by atoms with van der Waals surface area (Å²) in [7, 11) is 1.72. The summed E-state index contributed by atoms with van der Waals surface area (Å²) >= 11 is 0. The quantitative estimate of drug-likeness (QED) is 0.839. The number of hydrogen-bond acceptors (Lipinski definition) is 3. The number of methoxy groups -OCH3 is 1. The second-order valence-electron chi connectivity index (χ2n) is 4.82. The molecule has 20 heavy (non-hydrogen) atoms. The second-order valence-corrected chi connectivity index (χ2v) is 4.82. The Bertz CT molecular complexity index is 540. The first-order valence-corrected chi connectivity index (χ1v) is 7.03. The lowest BCUT2D eigenvalue weighted by atomic mass is 10.1. The van der Waals surface area contributed by atoms with Gasteiger partial charge in [0, 0.05) is 26.4 Å². The molecule has 0 atom stereocenters. The van der Waals surface area contributed by atoms with Gasteiger partial charge in [0.25, 0.3) is 0 Å². The Morgan fingerprint density at radius 3 is 2.75 bits per heavy atom. The number of pyridine rings is 1. The van der Waals surface area contributed by atoms with Crippen molar-refractivity contribution < 1.29 is 4.74 Å². The van der Waals surface area contributed by atoms with Crippen molar-refractivity contribution in [2.75, 3.05) is 7.11 Å². The lowest BCUT2D eigenvalue weighted by Gasteiger charge is -2.09. The summed E-state index contributed by atoms with van der Waals surface area (Å²) in [6.45, 7) is 4.47. The molecule has 0 spiro atoms. The smallest absolute Gasteiger partial charge is 0.0713 e. The van der Waals surface area contributed by atoms with E-state index < -0.39 is 0 Å². The molecule has 3 nitrogen and oxygen atoms in total. The maximum absolute atomic E-state index is 5.16. The van der Waals surface area contributed by atoms with Crippen molar-refractivity contribution in [3.63, 3.8) is 0 Å². The molecule has 0 saturated carbocycles. The first-order valence-electron chi connectivity index (χ1n) is 7.03. The van der Waals surface area contributed by atoms with Crippen LogP contribution in [0.25, 0.3) is 0 Å². The molecule has 0 aliphatic rings. The zero-order chi connectivity index (χ0) is 14.2. The standard InChI is InChI=1S/C17H22N2O/c1-3-16-8-5-9-19-17(16)12-18-11-14-6-4-7-15(10-14)13-20-2/h4-10,18H,3,11-13H2,1-2H3. The van der Waals surface area contributed by atoms with E-state index in [1.54, 1.807) is 7.11 Å². The maximum Gasteiger partial charge on any atom is 0.0713 e. The maximum atomic E-state index is 5.16. The molecule has 106 valence electrons. The third-order valence-corrected chi connectivity index (χ3v) is 3.29. The average molecular weight is 270 g/mol. The summed E-state index contributed by atoms with van der Waals surface area (Å²) in [5, 5.41) is 3.46. The van der Waals surface area contributed by atoms with Gasteiger partial charge in [-0.15, -0.1) is 0 Å². The van der Waals surface area contributed by atoms with Crippen LogP contribution in [0.3, 0.4) is 0 Å². The minimum absolute atomic E-state index is 0.661. The summed E-state index contributed by atoms with van der Waals surface area (Å²) in [4.78, 5) is 4.45. The highest BCUT2D eigenvalue weighted by Gasteiger charge is 2.01. The molecular formula is C17H22N2O. The summed E-state index contributed by atoms with van der Waals surface area (Å²) < 4.78 is 5.16. The van der Waals surface area contributed by atoms with E-state index in [9.17, 15) is 0 Å². The van der Waals surface area contributed by atoms with Gasteiger partial charge in [0.1, 0.15) is 0 Å². The Kier molecular flexibility index (Phi) is 5.71. The lowest BCUT2D eigenvalue weighted by Crippen LogP contribution is -2.15. The van der Waals surface area contributed by atoms with Crippen molar-refractivity contribution in [3.8, 4) is 0 Å². The number of nitrogens with zero attached hydrogens (tertiary/aromatic N) is 1. The van der Waals surface area contributed by atoms with Crippen molar-refractivity contribution in [1.29, 1.82) is 0 Å². The van der Waals surface area contributed by atoms with Gasteiger partial charge in [-0.25, -0.2) is 0 Å². The minimum atomic E-state index is 0.661. The van der Waals surface area contributed by atoms with E-state index in [0.29, 0.717) is 6.61 Å². The molecule has 2 aromatic rings. The first-order chi connectivity index (χ1) is 9.83. The van der Waals surface area contributed by atoms with Gasteiger partial charge >= 0.3 is 0 Å². The Morgan fingerprint density at radius 2 is 1.95 bits per heavy atom. The van der Waals surface area contributed by atoms with Crippen LogP contribution in [0.5, 0.6) is 0 Å². The second kappa shape index (κ2) is 7.78. The van der Waals surface area contributed by atoms with Crippen LogP contribution in [0.15, 0.2) is 42.6 Å². The third-order valence-electron chi connectivity index (χ3n) is 3.29. The van der Waals surface area contributed by atoms with Gasteiger partial charge in [-0.05, 0) is 29.2 Å². The molecule has 0 saturated heterocycles. The van der Waals surface area contributed by atoms with Crippen LogP contribution in [-0.2, 0) is 30.9 Å². The predicted octanol–water partition coefficient (Wildman–Crippen LogP) is 3.08. The minimum Gasteiger partial charge on any atom is -0.380 e. The number of benzene rings is 1. The lowest BCUT2D eigenvalue weighted by molar-refractivity contribution is 0.185. The zero-order valence-electron chi connectivity index (χ0n) is 12.2. The molecule has 1 aromatic carbocycles. The summed E-state index contributed by atoms with van der Waals surface area (Å²) in [5.41, 5.74) is 4.93. The largest absolute Gasteiger partial charge is 0.380 e. The number of hydrogen-bond donors (Lipinski definition) is 1. The third kappa shape index (κ3) is 4.15. The normalized spacial score (nSPS) is 10.7. The molecule has 0 radical (unpaired) electrons. The fourth-order valence-electron chi connectivity index (χ4n) is 2.27. The fraction of sp³-hybridized carbons (Fsp3) is 0.353. The van der Waals surface area contributed by atoms with Gasteiger partial charge in [0.15, 0.2) is 0 Å². The molecule has 3 heteroatoms. The first kappa shape index (κ1) is 14.7. The van der Waals surface area contributed by atoms with Crippen LogP contribution < -0.4 is 5.32 Å². The molecule has 2 rings (SSSR count). The molecule has 0 unspecified atom stereocenters. The van der Waals surface area contributed by atoms with Crippen molar-refractivity contribution in [1.82, 2.24) is 10.3 Å². The van der Waals surface area contributed by atoms with E-state index in [-0.39, 0.29) is 0 Å². The van der Waals surface area contributed by atoms with Crippen LogP contribution in [0.1, 0.15) is 29.3 Å². The van der Waals surface area contributed by atoms with Crippen LogP contribution >= 0.6 is 0 Å². The number of nitrogens with one attached hydrogen (secondary N) is 1. The van der Waals surface area contributed by atoms with Crippen LogP contribution in [-0.4, -0.2) is 12.1 Å². The molecule has 1 aromatic heterocycles. The van der Waals surface area contributed by atoms with Crippen molar-refractivity contribution in [2.45, 2.75) is 33.0 Å². The van der Waals surface area contributed by atoms with E-state index in [0.717, 1.165) is 25.2 Å². The van der Waals surface area contributed by atoms with E-state index >= 15 is 0 Å². The molecule has 0 amide bonds. The molecule has 1 N–H and O–H groups in total. The van der Waals surface area contributed by atoms with Crippen molar-refractivity contribution >= 4 is 0 Å². The highest BCUT2D eigenvalue weighted by atomic mass is 16.5. The van der Waals surface area contributed by atoms with Crippen molar-refractivity contribution in [2.24, 2.45) is 0 Å². The molecule has 0 aliphatic heterocycles. The number of aromatic nitrogens is 1. The topological polar surface area (TPSA) is 34.2 Å². The fourth-order valence-corrected chi connectivity index (χ4v) is 2.27. The van der Waals surface area contributed by atoms with E-state index in [1.807, 2.05) is 12.3 Å². The molecular weight excluding hydrogens is 248 g/mol. The number of aryl methyl sites for hydroxylation is 1. The van der Waals surface area contributed by atoms with E-state index in [1.165, 1.54) is 16.7 Å². The van der Waals surface area contributed by atoms with Crippen LogP contribution in [0.4, 0.5) is 0 Å². The summed E-state index contributed by atoms with van der Waals surface area (Å²) in [5.74, 6) is 0. The molecule has 0 bridgehead atoms. The summed E-state index contributed by atoms with van der Waals surface area (Å²) in [6, 6.07) is 12.6. The van der Waals surface area contributed by atoms with Gasteiger partial charge in [0.05, 0.1) is 12.3 Å². The molecule has 0 fully saturated rings. The number of ether oxygens (including phenoxy) is 1. The Morgan fingerprint density at radius 1 is 1.10 bits per heavy atom. The predicted molar refractivity (Wildman–Crippen MR) is 81.3 cm³/mol. The highest BCUT2D eigenvalue weighted by Crippen LogP contribution is 2.08. The Balaban J connectivity index is 1.91. The van der Waals surface area contributed by atoms with Crippen LogP contribution in [0.2, 0.25) is 0 Å². The highest BCUT2D eigenvalue weighted by molar-refractivity contribution is 5.23. The van der Waals surface area contributed by atoms with Gasteiger partial charge in [0.2, 0.25) is 0 Å². The van der Waals surface area contributed by atoms with E-state index in [4.69, 9.17) is 4.74 Å². The van der Waals surface area contributed by atoms with Gasteiger partial charge in [-0.3, -0.25) is 4.98 Å². The van der Waals surface area contributed by atoms with Gasteiger partial charge in [-0.2, -0.15) is 0 Å². The molecule has 1 heterocycles. The SMILES string of the molecule is CCc1cccnc1CNCc1cccc(COC)c1. The van der Waals surface area contributed by atoms with Crippen molar-refractivity contribution in [3.05, 3.63) is 65.0 Å². The number of rotatable bonds is 7. The average Bonchev–Trinajstić information content (AvgIpc) is 2.48. The van der Waals surface area contributed by atoms with Gasteiger partial charge < -0.3 is 10.1 Å².